The molecule has 1 atom stereocenters. The van der Waals surface area contributed by atoms with Gasteiger partial charge in [0.2, 0.25) is 0 Å². The van der Waals surface area contributed by atoms with Crippen molar-refractivity contribution in [1.29, 1.82) is 0 Å². The topological polar surface area (TPSA) is 27.7 Å². The van der Waals surface area contributed by atoms with Gasteiger partial charge in [-0.25, -0.2) is 0 Å². The molecular weight excluding hydrogens is 204 g/mol. The fourth-order valence-corrected chi connectivity index (χ4v) is 1.31. The van der Waals surface area contributed by atoms with Crippen LogP contribution in [0.5, 0.6) is 5.75 Å². The van der Waals surface area contributed by atoms with Gasteiger partial charge < -0.3 is 14.2 Å². The molecule has 0 aliphatic carbocycles. The molecule has 1 aromatic carbocycles. The average Bonchev–Trinajstić information content (AvgIpc) is 2.31. The van der Waals surface area contributed by atoms with Crippen LogP contribution < -0.4 is 4.74 Å². The van der Waals surface area contributed by atoms with E-state index >= 15 is 0 Å². The maximum atomic E-state index is 5.59. The first-order valence-corrected chi connectivity index (χ1v) is 5.49. The second-order valence-corrected chi connectivity index (χ2v) is 3.76. The van der Waals surface area contributed by atoms with Gasteiger partial charge in [-0.15, -0.1) is 0 Å². The largest absolute Gasteiger partial charge is 0.493 e. The second-order valence-electron chi connectivity index (χ2n) is 3.76. The van der Waals surface area contributed by atoms with E-state index in [4.69, 9.17) is 14.2 Å². The van der Waals surface area contributed by atoms with Crippen LogP contribution in [0.3, 0.4) is 0 Å². The van der Waals surface area contributed by atoms with Crippen molar-refractivity contribution >= 4 is 0 Å². The minimum atomic E-state index is 0.243. The van der Waals surface area contributed by atoms with Crippen LogP contribution in [-0.4, -0.2) is 26.9 Å². The van der Waals surface area contributed by atoms with Crippen molar-refractivity contribution in [3.63, 3.8) is 0 Å². The fraction of sp³-hybridized carbons (Fsp3) is 0.538. The van der Waals surface area contributed by atoms with Crippen molar-refractivity contribution in [2.75, 3.05) is 20.8 Å². The van der Waals surface area contributed by atoms with E-state index in [-0.39, 0.29) is 6.10 Å². The van der Waals surface area contributed by atoms with Gasteiger partial charge in [0.25, 0.3) is 0 Å². The zero-order valence-corrected chi connectivity index (χ0v) is 10.2. The van der Waals surface area contributed by atoms with Crippen molar-refractivity contribution in [2.24, 2.45) is 0 Å². The number of methoxy groups -OCH3 is 2. The van der Waals surface area contributed by atoms with Gasteiger partial charge in [0, 0.05) is 20.6 Å². The third-order valence-electron chi connectivity index (χ3n) is 2.43. The Hall–Kier alpha value is -1.06. The van der Waals surface area contributed by atoms with Crippen molar-refractivity contribution < 1.29 is 14.2 Å². The van der Waals surface area contributed by atoms with E-state index in [2.05, 4.69) is 0 Å². The summed E-state index contributed by atoms with van der Waals surface area (Å²) >= 11 is 0. The summed E-state index contributed by atoms with van der Waals surface area (Å²) in [5.41, 5.74) is 1.15. The highest BCUT2D eigenvalue weighted by Crippen LogP contribution is 2.13. The number of hydrogen-bond donors (Lipinski definition) is 0. The molecule has 0 spiro atoms. The summed E-state index contributed by atoms with van der Waals surface area (Å²) in [5, 5.41) is 0. The maximum absolute atomic E-state index is 5.59. The van der Waals surface area contributed by atoms with Gasteiger partial charge in [-0.3, -0.25) is 0 Å². The summed E-state index contributed by atoms with van der Waals surface area (Å²) in [4.78, 5) is 0. The SMILES string of the molecule is COCc1ccc(OCCC(C)OC)cc1. The predicted octanol–water partition coefficient (Wildman–Crippen LogP) is 2.64. The van der Waals surface area contributed by atoms with Crippen LogP contribution in [0.25, 0.3) is 0 Å². The van der Waals surface area contributed by atoms with Gasteiger partial charge in [0.05, 0.1) is 19.3 Å². The molecule has 1 unspecified atom stereocenters. The lowest BCUT2D eigenvalue weighted by molar-refractivity contribution is 0.0955. The van der Waals surface area contributed by atoms with Crippen LogP contribution in [0.15, 0.2) is 24.3 Å². The Morgan fingerprint density at radius 1 is 1.12 bits per heavy atom. The average molecular weight is 224 g/mol. The molecule has 0 bridgehead atoms. The lowest BCUT2D eigenvalue weighted by atomic mass is 10.2. The maximum Gasteiger partial charge on any atom is 0.119 e. The first-order chi connectivity index (χ1) is 7.76. The van der Waals surface area contributed by atoms with Gasteiger partial charge in [-0.2, -0.15) is 0 Å². The zero-order valence-electron chi connectivity index (χ0n) is 10.2. The summed E-state index contributed by atoms with van der Waals surface area (Å²) < 4.78 is 15.8. The van der Waals surface area contributed by atoms with Crippen LogP contribution in [0.1, 0.15) is 18.9 Å². The minimum Gasteiger partial charge on any atom is -0.493 e. The highest BCUT2D eigenvalue weighted by Gasteiger charge is 2.00. The van der Waals surface area contributed by atoms with Gasteiger partial charge in [-0.05, 0) is 24.6 Å². The van der Waals surface area contributed by atoms with E-state index in [9.17, 15) is 0 Å². The monoisotopic (exact) mass is 224 g/mol. The number of benzene rings is 1. The molecule has 3 heteroatoms. The summed E-state index contributed by atoms with van der Waals surface area (Å²) in [6.45, 7) is 3.35. The molecule has 0 aromatic heterocycles. The van der Waals surface area contributed by atoms with Crippen LogP contribution in [-0.2, 0) is 16.1 Å². The molecule has 0 N–H and O–H groups in total. The molecule has 0 radical (unpaired) electrons. The minimum absolute atomic E-state index is 0.243. The molecule has 0 amide bonds. The molecular formula is C13H20O3. The Balaban J connectivity index is 2.31. The van der Waals surface area contributed by atoms with Crippen molar-refractivity contribution in [2.45, 2.75) is 26.1 Å². The Kier molecular flexibility index (Phi) is 5.90. The Morgan fingerprint density at radius 2 is 1.81 bits per heavy atom. The van der Waals surface area contributed by atoms with E-state index in [1.165, 1.54) is 0 Å². The number of ether oxygens (including phenoxy) is 3. The first kappa shape index (κ1) is 13.0. The third-order valence-corrected chi connectivity index (χ3v) is 2.43. The molecule has 0 aliphatic heterocycles. The van der Waals surface area contributed by atoms with Crippen molar-refractivity contribution in [3.05, 3.63) is 29.8 Å². The lowest BCUT2D eigenvalue weighted by Gasteiger charge is -2.10. The first-order valence-electron chi connectivity index (χ1n) is 5.49. The van der Waals surface area contributed by atoms with Crippen molar-refractivity contribution in [1.82, 2.24) is 0 Å². The van der Waals surface area contributed by atoms with Gasteiger partial charge in [0.15, 0.2) is 0 Å². The molecule has 0 saturated carbocycles. The highest BCUT2D eigenvalue weighted by atomic mass is 16.5. The molecule has 90 valence electrons. The Bertz CT molecular complexity index is 282. The van der Waals surface area contributed by atoms with E-state index in [1.807, 2.05) is 31.2 Å². The molecule has 16 heavy (non-hydrogen) atoms. The molecule has 0 fully saturated rings. The molecule has 0 heterocycles. The number of rotatable bonds is 7. The third kappa shape index (κ3) is 4.64. The lowest BCUT2D eigenvalue weighted by Crippen LogP contribution is -2.10. The summed E-state index contributed by atoms with van der Waals surface area (Å²) in [7, 11) is 3.40. The molecule has 1 aromatic rings. The molecule has 0 aliphatic rings. The van der Waals surface area contributed by atoms with Crippen LogP contribution in [0.2, 0.25) is 0 Å². The van der Waals surface area contributed by atoms with Gasteiger partial charge in [-0.1, -0.05) is 12.1 Å². The highest BCUT2D eigenvalue weighted by molar-refractivity contribution is 5.26. The standard InChI is InChI=1S/C13H20O3/c1-11(15-3)8-9-16-13-6-4-12(5-7-13)10-14-2/h4-7,11H,8-10H2,1-3H3. The zero-order chi connectivity index (χ0) is 11.8. The smallest absolute Gasteiger partial charge is 0.119 e. The predicted molar refractivity (Wildman–Crippen MR) is 63.7 cm³/mol. The van der Waals surface area contributed by atoms with E-state index in [0.29, 0.717) is 13.2 Å². The normalized spacial score (nSPS) is 12.4. The second kappa shape index (κ2) is 7.25. The van der Waals surface area contributed by atoms with Crippen LogP contribution in [0.4, 0.5) is 0 Å². The van der Waals surface area contributed by atoms with Gasteiger partial charge >= 0.3 is 0 Å². The molecule has 1 rings (SSSR count). The molecule has 3 nitrogen and oxygen atoms in total. The van der Waals surface area contributed by atoms with Gasteiger partial charge in [0.1, 0.15) is 5.75 Å². The van der Waals surface area contributed by atoms with Crippen LogP contribution >= 0.6 is 0 Å². The summed E-state index contributed by atoms with van der Waals surface area (Å²) in [5.74, 6) is 0.892. The summed E-state index contributed by atoms with van der Waals surface area (Å²) in [6.07, 6.45) is 1.14. The number of hydrogen-bond acceptors (Lipinski definition) is 3. The Morgan fingerprint density at radius 3 is 2.38 bits per heavy atom. The van der Waals surface area contributed by atoms with Crippen LogP contribution in [0, 0.1) is 0 Å². The quantitative estimate of drug-likeness (QED) is 0.712. The van der Waals surface area contributed by atoms with Crippen molar-refractivity contribution in [3.8, 4) is 5.75 Å². The summed E-state index contributed by atoms with van der Waals surface area (Å²) in [6, 6.07) is 7.95. The van der Waals surface area contributed by atoms with E-state index in [1.54, 1.807) is 14.2 Å². The van der Waals surface area contributed by atoms with E-state index in [0.717, 1.165) is 17.7 Å². The molecule has 0 saturated heterocycles. The Labute approximate surface area is 97.3 Å². The fourth-order valence-electron chi connectivity index (χ4n) is 1.31. The van der Waals surface area contributed by atoms with E-state index < -0.39 is 0 Å².